The summed E-state index contributed by atoms with van der Waals surface area (Å²) in [5.74, 6) is 0.0260. The Balaban J connectivity index is 2.14. The van der Waals surface area contributed by atoms with Gasteiger partial charge in [-0.05, 0) is 56.9 Å². The van der Waals surface area contributed by atoms with E-state index in [-0.39, 0.29) is 42.3 Å². The zero-order valence-electron chi connectivity index (χ0n) is 22.2. The predicted octanol–water partition coefficient (Wildman–Crippen LogP) is 4.27. The number of ether oxygens (including phenoxy) is 1. The van der Waals surface area contributed by atoms with E-state index in [0.717, 1.165) is 18.2 Å². The average Bonchev–Trinajstić information content (AvgIpc) is 2.86. The molecule has 2 aromatic carbocycles. The maximum atomic E-state index is 13.3. The summed E-state index contributed by atoms with van der Waals surface area (Å²) < 4.78 is 31.4. The molecular formula is C27H38ClN3O5S. The molecule has 1 N–H and O–H groups in total. The molecule has 0 aliphatic rings. The molecule has 0 saturated carbocycles. The van der Waals surface area contributed by atoms with Crippen molar-refractivity contribution in [2.24, 2.45) is 0 Å². The van der Waals surface area contributed by atoms with Crippen molar-refractivity contribution in [3.8, 4) is 5.75 Å². The minimum Gasteiger partial charge on any atom is -0.495 e. The summed E-state index contributed by atoms with van der Waals surface area (Å²) in [4.78, 5) is 27.7. The van der Waals surface area contributed by atoms with E-state index < -0.39 is 16.1 Å². The number of carbonyl (C=O) groups is 2. The average molecular weight is 552 g/mol. The van der Waals surface area contributed by atoms with Crippen LogP contribution in [0.2, 0.25) is 5.02 Å². The number of benzene rings is 2. The molecule has 0 unspecified atom stereocenters. The maximum absolute atomic E-state index is 13.3. The Bertz CT molecular complexity index is 1140. The Morgan fingerprint density at radius 1 is 1.08 bits per heavy atom. The van der Waals surface area contributed by atoms with Crippen LogP contribution in [0.4, 0.5) is 5.69 Å². The molecular weight excluding hydrogens is 514 g/mol. The van der Waals surface area contributed by atoms with Gasteiger partial charge in [-0.25, -0.2) is 8.42 Å². The second-order valence-corrected chi connectivity index (χ2v) is 11.4. The maximum Gasteiger partial charge on any atom is 0.242 e. The summed E-state index contributed by atoms with van der Waals surface area (Å²) in [6.45, 7) is 6.10. The van der Waals surface area contributed by atoms with Gasteiger partial charge in [0.25, 0.3) is 0 Å². The third-order valence-corrected chi connectivity index (χ3v) is 7.72. The highest BCUT2D eigenvalue weighted by atomic mass is 35.5. The summed E-state index contributed by atoms with van der Waals surface area (Å²) >= 11 is 6.20. The van der Waals surface area contributed by atoms with E-state index in [9.17, 15) is 18.0 Å². The summed E-state index contributed by atoms with van der Waals surface area (Å²) in [5.41, 5.74) is 1.46. The minimum absolute atomic E-state index is 0.000616. The van der Waals surface area contributed by atoms with Crippen molar-refractivity contribution in [2.75, 3.05) is 30.8 Å². The van der Waals surface area contributed by atoms with E-state index in [4.69, 9.17) is 16.3 Å². The standard InChI is InChI=1S/C27H38ClN3O5S/c1-6-20(2)29-27(33)21(3)30(18-16-22-11-8-7-9-12-22)26(32)13-10-17-31(37(5,34)35)23-14-15-25(36-4)24(28)19-23/h7-9,11-12,14-15,19-21H,6,10,13,16-18H2,1-5H3,(H,29,33)/t20-,21-/m0/s1. The largest absolute Gasteiger partial charge is 0.495 e. The van der Waals surface area contributed by atoms with Crippen molar-refractivity contribution in [3.05, 3.63) is 59.1 Å². The molecule has 37 heavy (non-hydrogen) atoms. The molecule has 10 heteroatoms. The molecule has 0 aliphatic carbocycles. The van der Waals surface area contributed by atoms with Crippen LogP contribution in [0.15, 0.2) is 48.5 Å². The Morgan fingerprint density at radius 3 is 2.32 bits per heavy atom. The number of hydrogen-bond acceptors (Lipinski definition) is 5. The summed E-state index contributed by atoms with van der Waals surface area (Å²) in [7, 11) is -2.14. The van der Waals surface area contributed by atoms with Crippen LogP contribution in [0.25, 0.3) is 0 Å². The van der Waals surface area contributed by atoms with Crippen molar-refractivity contribution in [1.29, 1.82) is 0 Å². The first-order valence-electron chi connectivity index (χ1n) is 12.4. The first kappa shape index (κ1) is 30.4. The van der Waals surface area contributed by atoms with Gasteiger partial charge in [0, 0.05) is 25.6 Å². The fourth-order valence-electron chi connectivity index (χ4n) is 3.85. The molecule has 2 aromatic rings. The SMILES string of the molecule is CC[C@H](C)NC(=O)[C@H](C)N(CCc1ccccc1)C(=O)CCCN(c1ccc(OC)c(Cl)c1)S(C)(=O)=O. The van der Waals surface area contributed by atoms with Gasteiger partial charge in [-0.15, -0.1) is 0 Å². The Labute approximate surface area is 226 Å². The number of nitrogens with one attached hydrogen (secondary N) is 1. The normalized spacial score (nSPS) is 12.9. The van der Waals surface area contributed by atoms with Gasteiger partial charge < -0.3 is 15.0 Å². The topological polar surface area (TPSA) is 96.0 Å². The van der Waals surface area contributed by atoms with Crippen LogP contribution in [0.5, 0.6) is 5.75 Å². The molecule has 2 atom stereocenters. The van der Waals surface area contributed by atoms with Crippen molar-refractivity contribution in [1.82, 2.24) is 10.2 Å². The van der Waals surface area contributed by atoms with Crippen LogP contribution < -0.4 is 14.4 Å². The van der Waals surface area contributed by atoms with E-state index in [2.05, 4.69) is 5.32 Å². The Morgan fingerprint density at radius 2 is 1.76 bits per heavy atom. The number of amides is 2. The molecule has 2 amide bonds. The Kier molecular flexibility index (Phi) is 11.7. The molecule has 0 heterocycles. The van der Waals surface area contributed by atoms with Crippen LogP contribution >= 0.6 is 11.6 Å². The molecule has 204 valence electrons. The van der Waals surface area contributed by atoms with Gasteiger partial charge in [-0.3, -0.25) is 13.9 Å². The second kappa shape index (κ2) is 14.2. The molecule has 0 aliphatic heterocycles. The van der Waals surface area contributed by atoms with Crippen LogP contribution in [0.1, 0.15) is 45.6 Å². The van der Waals surface area contributed by atoms with E-state index >= 15 is 0 Å². The molecule has 0 fully saturated rings. The van der Waals surface area contributed by atoms with Crippen molar-refractivity contribution in [3.63, 3.8) is 0 Å². The van der Waals surface area contributed by atoms with Crippen molar-refractivity contribution >= 4 is 39.1 Å². The monoisotopic (exact) mass is 551 g/mol. The number of anilines is 1. The summed E-state index contributed by atoms with van der Waals surface area (Å²) in [6, 6.07) is 13.8. The molecule has 0 bridgehead atoms. The molecule has 0 radical (unpaired) electrons. The lowest BCUT2D eigenvalue weighted by molar-refractivity contribution is -0.140. The number of carbonyl (C=O) groups excluding carboxylic acids is 2. The lowest BCUT2D eigenvalue weighted by Gasteiger charge is -2.30. The number of rotatable bonds is 14. The molecule has 0 spiro atoms. The van der Waals surface area contributed by atoms with Crippen molar-refractivity contribution < 1.29 is 22.7 Å². The molecule has 8 nitrogen and oxygen atoms in total. The number of nitrogens with zero attached hydrogens (tertiary/aromatic N) is 2. The number of hydrogen-bond donors (Lipinski definition) is 1. The third kappa shape index (κ3) is 9.23. The number of sulfonamides is 1. The lowest BCUT2D eigenvalue weighted by atomic mass is 10.1. The van der Waals surface area contributed by atoms with Gasteiger partial charge >= 0.3 is 0 Å². The van der Waals surface area contributed by atoms with Gasteiger partial charge in [0.2, 0.25) is 21.8 Å². The highest BCUT2D eigenvalue weighted by Gasteiger charge is 2.27. The first-order valence-corrected chi connectivity index (χ1v) is 14.7. The van der Waals surface area contributed by atoms with Crippen LogP contribution in [0, 0.1) is 0 Å². The van der Waals surface area contributed by atoms with Gasteiger partial charge in [-0.2, -0.15) is 0 Å². The zero-order valence-corrected chi connectivity index (χ0v) is 23.8. The molecule has 2 rings (SSSR count). The van der Waals surface area contributed by atoms with E-state index in [1.54, 1.807) is 24.0 Å². The van der Waals surface area contributed by atoms with Gasteiger partial charge in [0.15, 0.2) is 0 Å². The third-order valence-electron chi connectivity index (χ3n) is 6.23. The number of methoxy groups -OCH3 is 1. The summed E-state index contributed by atoms with van der Waals surface area (Å²) in [5, 5.41) is 3.24. The van der Waals surface area contributed by atoms with Gasteiger partial charge in [0.05, 0.1) is 24.1 Å². The molecule has 0 saturated heterocycles. The zero-order chi connectivity index (χ0) is 27.6. The smallest absolute Gasteiger partial charge is 0.242 e. The lowest BCUT2D eigenvalue weighted by Crippen LogP contribution is -2.50. The highest BCUT2D eigenvalue weighted by molar-refractivity contribution is 7.92. The highest BCUT2D eigenvalue weighted by Crippen LogP contribution is 2.30. The fourth-order valence-corrected chi connectivity index (χ4v) is 5.06. The predicted molar refractivity (Wildman–Crippen MR) is 149 cm³/mol. The van der Waals surface area contributed by atoms with Crippen LogP contribution in [-0.4, -0.2) is 63.7 Å². The van der Waals surface area contributed by atoms with Crippen LogP contribution in [-0.2, 0) is 26.0 Å². The quantitative estimate of drug-likeness (QED) is 0.378. The number of halogens is 1. The van der Waals surface area contributed by atoms with Crippen LogP contribution in [0.3, 0.4) is 0 Å². The van der Waals surface area contributed by atoms with E-state index in [1.807, 2.05) is 44.2 Å². The summed E-state index contributed by atoms with van der Waals surface area (Å²) in [6.07, 6.45) is 2.86. The Hall–Kier alpha value is -2.78. The van der Waals surface area contributed by atoms with Crippen molar-refractivity contribution in [2.45, 2.75) is 58.5 Å². The van der Waals surface area contributed by atoms with E-state index in [1.165, 1.54) is 17.5 Å². The minimum atomic E-state index is -3.62. The fraction of sp³-hybridized carbons (Fsp3) is 0.481. The first-order chi connectivity index (χ1) is 17.5. The van der Waals surface area contributed by atoms with E-state index in [0.29, 0.717) is 24.4 Å². The van der Waals surface area contributed by atoms with Gasteiger partial charge in [0.1, 0.15) is 11.8 Å². The van der Waals surface area contributed by atoms with Gasteiger partial charge in [-0.1, -0.05) is 48.9 Å². The molecule has 0 aromatic heterocycles. The second-order valence-electron chi connectivity index (χ2n) is 9.07.